The van der Waals surface area contributed by atoms with Gasteiger partial charge in [-0.25, -0.2) is 4.39 Å². The van der Waals surface area contributed by atoms with Crippen LogP contribution in [0.4, 0.5) is 10.1 Å². The van der Waals surface area contributed by atoms with Crippen molar-refractivity contribution in [3.05, 3.63) is 58.8 Å². The van der Waals surface area contributed by atoms with Gasteiger partial charge in [-0.3, -0.25) is 4.79 Å². The molecule has 1 amide bonds. The van der Waals surface area contributed by atoms with Crippen LogP contribution in [0.2, 0.25) is 0 Å². The predicted molar refractivity (Wildman–Crippen MR) is 86.0 cm³/mol. The standard InChI is InChI=1S/C15H11BrFN5O/c16-11-3-1-10(2-4-11)15-19-21-22(20-15)9-14(23)18-13-7-5-12(17)6-8-13/h1-8H,9H2,(H,18,23). The SMILES string of the molecule is O=C(Cn1nnc(-c2ccc(Br)cc2)n1)Nc1ccc(F)cc1. The van der Waals surface area contributed by atoms with Crippen molar-refractivity contribution >= 4 is 27.5 Å². The average Bonchev–Trinajstić information content (AvgIpc) is 2.98. The fourth-order valence-corrected chi connectivity index (χ4v) is 2.15. The Labute approximate surface area is 139 Å². The van der Waals surface area contributed by atoms with E-state index >= 15 is 0 Å². The number of carbonyl (C=O) groups excluding carboxylic acids is 1. The molecule has 1 N–H and O–H groups in total. The Hall–Kier alpha value is -2.61. The van der Waals surface area contributed by atoms with Crippen molar-refractivity contribution < 1.29 is 9.18 Å². The number of hydrogen-bond acceptors (Lipinski definition) is 4. The van der Waals surface area contributed by atoms with Gasteiger partial charge >= 0.3 is 0 Å². The molecule has 0 aliphatic rings. The molecule has 0 unspecified atom stereocenters. The van der Waals surface area contributed by atoms with E-state index in [9.17, 15) is 9.18 Å². The molecule has 3 aromatic rings. The van der Waals surface area contributed by atoms with Gasteiger partial charge in [0.15, 0.2) is 0 Å². The van der Waals surface area contributed by atoms with Crippen molar-refractivity contribution in [3.8, 4) is 11.4 Å². The predicted octanol–water partition coefficient (Wildman–Crippen LogP) is 2.88. The molecule has 0 aliphatic heterocycles. The largest absolute Gasteiger partial charge is 0.324 e. The molecule has 0 atom stereocenters. The second-order valence-electron chi connectivity index (χ2n) is 4.71. The summed E-state index contributed by atoms with van der Waals surface area (Å²) in [6.07, 6.45) is 0. The highest BCUT2D eigenvalue weighted by atomic mass is 79.9. The normalized spacial score (nSPS) is 10.5. The number of rotatable bonds is 4. The summed E-state index contributed by atoms with van der Waals surface area (Å²) < 4.78 is 13.8. The molecule has 3 rings (SSSR count). The fraction of sp³-hybridized carbons (Fsp3) is 0.0667. The number of halogens is 2. The molecule has 1 heterocycles. The van der Waals surface area contributed by atoms with Gasteiger partial charge in [-0.2, -0.15) is 4.80 Å². The van der Waals surface area contributed by atoms with Gasteiger partial charge in [0.05, 0.1) is 0 Å². The van der Waals surface area contributed by atoms with Crippen LogP contribution in [0, 0.1) is 5.82 Å². The molecule has 0 radical (unpaired) electrons. The van der Waals surface area contributed by atoms with Crippen LogP contribution in [-0.4, -0.2) is 26.1 Å². The summed E-state index contributed by atoms with van der Waals surface area (Å²) in [4.78, 5) is 13.1. The Balaban J connectivity index is 1.65. The molecule has 6 nitrogen and oxygen atoms in total. The van der Waals surface area contributed by atoms with E-state index in [1.165, 1.54) is 29.1 Å². The average molecular weight is 376 g/mol. The van der Waals surface area contributed by atoms with Gasteiger partial charge in [-0.15, -0.1) is 10.2 Å². The van der Waals surface area contributed by atoms with Gasteiger partial charge in [0.2, 0.25) is 11.7 Å². The maximum Gasteiger partial charge on any atom is 0.248 e. The molecular weight excluding hydrogens is 365 g/mol. The summed E-state index contributed by atoms with van der Waals surface area (Å²) in [6, 6.07) is 13.0. The lowest BCUT2D eigenvalue weighted by Crippen LogP contribution is -2.20. The third-order valence-electron chi connectivity index (χ3n) is 2.97. The highest BCUT2D eigenvalue weighted by Crippen LogP contribution is 2.17. The van der Waals surface area contributed by atoms with Crippen molar-refractivity contribution in [2.45, 2.75) is 6.54 Å². The first-order valence-electron chi connectivity index (χ1n) is 6.69. The van der Waals surface area contributed by atoms with E-state index in [1.54, 1.807) is 0 Å². The topological polar surface area (TPSA) is 72.7 Å². The Morgan fingerprint density at radius 1 is 1.13 bits per heavy atom. The molecule has 0 aliphatic carbocycles. The summed E-state index contributed by atoms with van der Waals surface area (Å²) in [5, 5.41) is 14.6. The maximum atomic E-state index is 12.8. The van der Waals surface area contributed by atoms with Crippen LogP contribution >= 0.6 is 15.9 Å². The number of tetrazole rings is 1. The summed E-state index contributed by atoms with van der Waals surface area (Å²) >= 11 is 3.35. The fourth-order valence-electron chi connectivity index (χ4n) is 1.89. The molecule has 0 saturated heterocycles. The van der Waals surface area contributed by atoms with Crippen molar-refractivity contribution in [3.63, 3.8) is 0 Å². The van der Waals surface area contributed by atoms with E-state index in [0.29, 0.717) is 11.5 Å². The van der Waals surface area contributed by atoms with E-state index in [2.05, 4.69) is 36.7 Å². The van der Waals surface area contributed by atoms with E-state index in [1.807, 2.05) is 24.3 Å². The first-order chi connectivity index (χ1) is 11.1. The monoisotopic (exact) mass is 375 g/mol. The molecule has 0 bridgehead atoms. The molecule has 0 saturated carbocycles. The first kappa shape index (κ1) is 15.3. The summed E-state index contributed by atoms with van der Waals surface area (Å²) in [5.74, 6) is -0.247. The van der Waals surface area contributed by atoms with Crippen molar-refractivity contribution in [2.24, 2.45) is 0 Å². The Bertz CT molecular complexity index is 817. The molecule has 0 spiro atoms. The van der Waals surface area contributed by atoms with Gasteiger partial charge in [-0.1, -0.05) is 15.9 Å². The zero-order valence-corrected chi connectivity index (χ0v) is 13.4. The third kappa shape index (κ3) is 3.98. The summed E-state index contributed by atoms with van der Waals surface area (Å²) in [6.45, 7) is -0.0824. The number of aromatic nitrogens is 4. The Kier molecular flexibility index (Phi) is 4.42. The minimum atomic E-state index is -0.361. The van der Waals surface area contributed by atoms with Gasteiger partial charge in [-0.05, 0) is 53.7 Å². The van der Waals surface area contributed by atoms with Gasteiger partial charge < -0.3 is 5.32 Å². The van der Waals surface area contributed by atoms with Crippen LogP contribution in [-0.2, 0) is 11.3 Å². The molecular formula is C15H11BrFN5O. The zero-order valence-electron chi connectivity index (χ0n) is 11.8. The smallest absolute Gasteiger partial charge is 0.248 e. The van der Waals surface area contributed by atoms with E-state index in [-0.39, 0.29) is 18.3 Å². The number of carbonyl (C=O) groups is 1. The molecule has 2 aromatic carbocycles. The van der Waals surface area contributed by atoms with Gasteiger partial charge in [0.1, 0.15) is 12.4 Å². The van der Waals surface area contributed by atoms with Crippen LogP contribution in [0.25, 0.3) is 11.4 Å². The minimum absolute atomic E-state index is 0.0824. The lowest BCUT2D eigenvalue weighted by molar-refractivity contribution is -0.117. The van der Waals surface area contributed by atoms with E-state index in [4.69, 9.17) is 0 Å². The lowest BCUT2D eigenvalue weighted by atomic mass is 10.2. The van der Waals surface area contributed by atoms with Crippen LogP contribution in [0.1, 0.15) is 0 Å². The van der Waals surface area contributed by atoms with Crippen molar-refractivity contribution in [2.75, 3.05) is 5.32 Å². The quantitative estimate of drug-likeness (QED) is 0.760. The highest BCUT2D eigenvalue weighted by Gasteiger charge is 2.09. The number of hydrogen-bond donors (Lipinski definition) is 1. The Morgan fingerprint density at radius 3 is 2.52 bits per heavy atom. The highest BCUT2D eigenvalue weighted by molar-refractivity contribution is 9.10. The summed E-state index contributed by atoms with van der Waals surface area (Å²) in [7, 11) is 0. The van der Waals surface area contributed by atoms with Crippen LogP contribution in [0.5, 0.6) is 0 Å². The Morgan fingerprint density at radius 2 is 1.83 bits per heavy atom. The molecule has 8 heteroatoms. The van der Waals surface area contributed by atoms with Gasteiger partial charge in [0, 0.05) is 15.7 Å². The number of nitrogens with one attached hydrogen (secondary N) is 1. The van der Waals surface area contributed by atoms with Gasteiger partial charge in [0.25, 0.3) is 0 Å². The van der Waals surface area contributed by atoms with E-state index in [0.717, 1.165) is 10.0 Å². The second kappa shape index (κ2) is 6.66. The van der Waals surface area contributed by atoms with Crippen LogP contribution in [0.15, 0.2) is 53.0 Å². The molecule has 116 valence electrons. The number of nitrogens with zero attached hydrogens (tertiary/aromatic N) is 4. The molecule has 1 aromatic heterocycles. The lowest BCUT2D eigenvalue weighted by Gasteiger charge is -2.03. The minimum Gasteiger partial charge on any atom is -0.324 e. The molecule has 23 heavy (non-hydrogen) atoms. The second-order valence-corrected chi connectivity index (χ2v) is 5.62. The number of anilines is 1. The first-order valence-corrected chi connectivity index (χ1v) is 7.48. The zero-order chi connectivity index (χ0) is 16.2. The van der Waals surface area contributed by atoms with Crippen molar-refractivity contribution in [1.29, 1.82) is 0 Å². The van der Waals surface area contributed by atoms with Crippen LogP contribution < -0.4 is 5.32 Å². The van der Waals surface area contributed by atoms with Crippen molar-refractivity contribution in [1.82, 2.24) is 20.2 Å². The third-order valence-corrected chi connectivity index (χ3v) is 3.50. The van der Waals surface area contributed by atoms with Crippen LogP contribution in [0.3, 0.4) is 0 Å². The molecule has 0 fully saturated rings. The summed E-state index contributed by atoms with van der Waals surface area (Å²) in [5.41, 5.74) is 1.31. The number of benzene rings is 2. The maximum absolute atomic E-state index is 12.8. The number of amides is 1. The van der Waals surface area contributed by atoms with E-state index < -0.39 is 0 Å².